The summed E-state index contributed by atoms with van der Waals surface area (Å²) in [7, 11) is 0. The molecular weight excluding hydrogens is 550 g/mol. The molecule has 2 N–H and O–H groups in total. The van der Waals surface area contributed by atoms with E-state index in [9.17, 15) is 14.4 Å². The molecule has 0 aromatic carbocycles. The molecule has 0 heterocycles. The molecule has 4 aliphatic carbocycles. The molecule has 4 fully saturated rings. The van der Waals surface area contributed by atoms with Crippen LogP contribution in [0.1, 0.15) is 163 Å². The number of carboxylic acid groups (broad SMARTS) is 1. The van der Waals surface area contributed by atoms with Gasteiger partial charge in [0.25, 0.3) is 0 Å². The van der Waals surface area contributed by atoms with E-state index in [-0.39, 0.29) is 24.5 Å². The zero-order valence-corrected chi connectivity index (χ0v) is 28.7. The molecular formula is C38H65NO5. The Morgan fingerprint density at radius 2 is 1.48 bits per heavy atom. The highest BCUT2D eigenvalue weighted by atomic mass is 16.5. The number of fused-ring (bicyclic) bond motifs is 5. The molecule has 0 spiro atoms. The highest BCUT2D eigenvalue weighted by Crippen LogP contribution is 2.68. The van der Waals surface area contributed by atoms with Crippen molar-refractivity contribution in [2.45, 2.75) is 169 Å². The summed E-state index contributed by atoms with van der Waals surface area (Å²) in [5.74, 6) is 3.07. The maximum absolute atomic E-state index is 12.7. The summed E-state index contributed by atoms with van der Waals surface area (Å²) >= 11 is 0. The quantitative estimate of drug-likeness (QED) is 0.126. The minimum atomic E-state index is -0.989. The second-order valence-corrected chi connectivity index (χ2v) is 16.0. The van der Waals surface area contributed by atoms with Crippen LogP contribution in [0.2, 0.25) is 0 Å². The Labute approximate surface area is 268 Å². The van der Waals surface area contributed by atoms with Crippen molar-refractivity contribution < 1.29 is 24.2 Å². The highest BCUT2D eigenvalue weighted by molar-refractivity contribution is 5.81. The summed E-state index contributed by atoms with van der Waals surface area (Å²) in [6.07, 6.45) is 24.5. The molecule has 4 rings (SSSR count). The van der Waals surface area contributed by atoms with E-state index in [1.54, 1.807) is 0 Å². The predicted octanol–water partition coefficient (Wildman–Crippen LogP) is 9.10. The molecule has 0 aliphatic heterocycles. The van der Waals surface area contributed by atoms with Gasteiger partial charge in [0.1, 0.15) is 12.6 Å². The zero-order valence-electron chi connectivity index (χ0n) is 28.7. The second kappa shape index (κ2) is 16.3. The lowest BCUT2D eigenvalue weighted by Gasteiger charge is -2.61. The number of esters is 1. The summed E-state index contributed by atoms with van der Waals surface area (Å²) in [5, 5.41) is 11.4. The van der Waals surface area contributed by atoms with Gasteiger partial charge in [0.2, 0.25) is 5.91 Å². The molecule has 252 valence electrons. The number of carboxylic acids is 1. The number of carbonyl (C=O) groups is 3. The largest absolute Gasteiger partial charge is 0.480 e. The van der Waals surface area contributed by atoms with Crippen molar-refractivity contribution in [3.8, 4) is 0 Å². The first kappa shape index (κ1) is 35.3. The van der Waals surface area contributed by atoms with Crippen LogP contribution < -0.4 is 5.32 Å². The maximum Gasteiger partial charge on any atom is 0.322 e. The average Bonchev–Trinajstić information content (AvgIpc) is 3.35. The lowest BCUT2D eigenvalue weighted by atomic mass is 9.44. The number of nitrogens with one attached hydrogen (secondary N) is 1. The Kier molecular flexibility index (Phi) is 13.1. The second-order valence-electron chi connectivity index (χ2n) is 16.0. The summed E-state index contributed by atoms with van der Waals surface area (Å²) in [4.78, 5) is 35.7. The Morgan fingerprint density at radius 3 is 2.18 bits per heavy atom. The molecule has 1 amide bonds. The van der Waals surface area contributed by atoms with Gasteiger partial charge in [-0.15, -0.1) is 0 Å². The lowest BCUT2D eigenvalue weighted by molar-refractivity contribution is -0.162. The Balaban J connectivity index is 1.21. The van der Waals surface area contributed by atoms with Crippen molar-refractivity contribution in [1.82, 2.24) is 5.32 Å². The van der Waals surface area contributed by atoms with Crippen LogP contribution in [0.5, 0.6) is 0 Å². The van der Waals surface area contributed by atoms with E-state index in [0.717, 1.165) is 49.9 Å². The van der Waals surface area contributed by atoms with Gasteiger partial charge in [-0.3, -0.25) is 14.4 Å². The fraction of sp³-hybridized carbons (Fsp3) is 0.921. The van der Waals surface area contributed by atoms with Crippen LogP contribution >= 0.6 is 0 Å². The van der Waals surface area contributed by atoms with Crippen molar-refractivity contribution in [3.63, 3.8) is 0 Å². The van der Waals surface area contributed by atoms with Gasteiger partial charge >= 0.3 is 11.9 Å². The Bertz CT molecular complexity index is 952. The SMILES string of the molecule is CCCCCCCCCCCC(=O)OC1CCC2(C)C(CCC3C2CCC2(C)C(C(C)CCC(=O)NCC(=O)O)CCC32)C1. The molecule has 4 saturated carbocycles. The molecule has 9 atom stereocenters. The number of aliphatic carboxylic acids is 1. The van der Waals surface area contributed by atoms with Crippen LogP contribution in [0.4, 0.5) is 0 Å². The van der Waals surface area contributed by atoms with Crippen LogP contribution in [0, 0.1) is 46.3 Å². The third-order valence-corrected chi connectivity index (χ3v) is 13.4. The van der Waals surface area contributed by atoms with Gasteiger partial charge in [-0.25, -0.2) is 0 Å². The molecule has 9 unspecified atom stereocenters. The third kappa shape index (κ3) is 8.60. The van der Waals surface area contributed by atoms with Gasteiger partial charge < -0.3 is 15.2 Å². The number of hydrogen-bond donors (Lipinski definition) is 2. The number of unbranched alkanes of at least 4 members (excludes halogenated alkanes) is 8. The zero-order chi connectivity index (χ0) is 31.7. The number of carbonyl (C=O) groups excluding carboxylic acids is 2. The molecule has 0 aromatic rings. The van der Waals surface area contributed by atoms with E-state index in [1.807, 2.05) is 0 Å². The van der Waals surface area contributed by atoms with Gasteiger partial charge in [0.05, 0.1) is 0 Å². The van der Waals surface area contributed by atoms with E-state index >= 15 is 0 Å². The first-order valence-corrected chi connectivity index (χ1v) is 18.8. The number of rotatable bonds is 17. The van der Waals surface area contributed by atoms with Crippen LogP contribution in [-0.2, 0) is 19.1 Å². The normalized spacial score (nSPS) is 35.2. The van der Waals surface area contributed by atoms with Gasteiger partial charge in [0, 0.05) is 12.8 Å². The number of hydrogen-bond acceptors (Lipinski definition) is 4. The highest BCUT2D eigenvalue weighted by Gasteiger charge is 2.60. The van der Waals surface area contributed by atoms with Crippen LogP contribution in [-0.4, -0.2) is 35.6 Å². The van der Waals surface area contributed by atoms with E-state index in [0.29, 0.717) is 41.4 Å². The first-order chi connectivity index (χ1) is 21.1. The topological polar surface area (TPSA) is 92.7 Å². The smallest absolute Gasteiger partial charge is 0.322 e. The average molecular weight is 616 g/mol. The van der Waals surface area contributed by atoms with Crippen molar-refractivity contribution in [2.75, 3.05) is 6.54 Å². The van der Waals surface area contributed by atoms with Crippen LogP contribution in [0.25, 0.3) is 0 Å². The molecule has 0 radical (unpaired) electrons. The van der Waals surface area contributed by atoms with Crippen molar-refractivity contribution in [3.05, 3.63) is 0 Å². The monoisotopic (exact) mass is 615 g/mol. The summed E-state index contributed by atoms with van der Waals surface area (Å²) in [5.41, 5.74) is 0.722. The minimum absolute atomic E-state index is 0.0363. The first-order valence-electron chi connectivity index (χ1n) is 18.8. The third-order valence-electron chi connectivity index (χ3n) is 13.4. The molecule has 6 heteroatoms. The van der Waals surface area contributed by atoms with E-state index in [1.165, 1.54) is 89.9 Å². The molecule has 0 saturated heterocycles. The molecule has 0 aromatic heterocycles. The number of amides is 1. The minimum Gasteiger partial charge on any atom is -0.480 e. The summed E-state index contributed by atoms with van der Waals surface area (Å²) in [6, 6.07) is 0. The molecule has 6 nitrogen and oxygen atoms in total. The van der Waals surface area contributed by atoms with E-state index in [2.05, 4.69) is 33.0 Å². The van der Waals surface area contributed by atoms with Crippen molar-refractivity contribution in [2.24, 2.45) is 46.3 Å². The van der Waals surface area contributed by atoms with Crippen molar-refractivity contribution >= 4 is 17.8 Å². The number of ether oxygens (including phenoxy) is 1. The summed E-state index contributed by atoms with van der Waals surface area (Å²) < 4.78 is 6.09. The molecule has 44 heavy (non-hydrogen) atoms. The Hall–Kier alpha value is -1.59. The lowest BCUT2D eigenvalue weighted by Crippen LogP contribution is -2.54. The Morgan fingerprint density at radius 1 is 0.818 bits per heavy atom. The fourth-order valence-corrected chi connectivity index (χ4v) is 10.9. The van der Waals surface area contributed by atoms with E-state index < -0.39 is 5.97 Å². The van der Waals surface area contributed by atoms with Gasteiger partial charge in [-0.2, -0.15) is 0 Å². The standard InChI is InChI=1S/C38H65NO5/c1-5-6-7-8-9-10-11-12-13-14-36(43)44-29-21-23-37(3)28(25-29)16-17-30-32-19-18-31(38(32,4)24-22-33(30)37)27(2)15-20-34(40)39-26-35(41)42/h27-33H,5-26H2,1-4H3,(H,39,40)(H,41,42). The van der Waals surface area contributed by atoms with E-state index in [4.69, 9.17) is 9.84 Å². The van der Waals surface area contributed by atoms with Gasteiger partial charge in [-0.05, 0) is 117 Å². The molecule has 4 aliphatic rings. The van der Waals surface area contributed by atoms with Crippen LogP contribution in [0.3, 0.4) is 0 Å². The van der Waals surface area contributed by atoms with Crippen LogP contribution in [0.15, 0.2) is 0 Å². The fourth-order valence-electron chi connectivity index (χ4n) is 10.9. The van der Waals surface area contributed by atoms with Crippen molar-refractivity contribution in [1.29, 1.82) is 0 Å². The predicted molar refractivity (Wildman–Crippen MR) is 176 cm³/mol. The van der Waals surface area contributed by atoms with Gasteiger partial charge in [-0.1, -0.05) is 79.1 Å². The summed E-state index contributed by atoms with van der Waals surface area (Å²) in [6.45, 7) is 9.44. The molecule has 0 bridgehead atoms. The maximum atomic E-state index is 12.7. The van der Waals surface area contributed by atoms with Gasteiger partial charge in [0.15, 0.2) is 0 Å².